The van der Waals surface area contributed by atoms with Crippen molar-refractivity contribution in [2.45, 2.75) is 39.7 Å². The van der Waals surface area contributed by atoms with Gasteiger partial charge in [0.2, 0.25) is 5.91 Å². The number of aryl methyl sites for hydroxylation is 1. The molecule has 0 saturated carbocycles. The summed E-state index contributed by atoms with van der Waals surface area (Å²) in [7, 11) is 0. The highest BCUT2D eigenvalue weighted by atomic mass is 16.2. The largest absolute Gasteiger partial charge is 0.314 e. The summed E-state index contributed by atoms with van der Waals surface area (Å²) in [5.41, 5.74) is 3.29. The first-order valence-electron chi connectivity index (χ1n) is 6.53. The smallest absolute Gasteiger partial charge is 0.228 e. The van der Waals surface area contributed by atoms with Gasteiger partial charge in [-0.15, -0.1) is 0 Å². The highest BCUT2D eigenvalue weighted by Gasteiger charge is 2.34. The number of nitrogens with zero attached hydrogens (tertiary/aromatic N) is 1. The maximum absolute atomic E-state index is 12.4. The molecule has 98 valence electrons. The highest BCUT2D eigenvalue weighted by Crippen LogP contribution is 2.30. The minimum atomic E-state index is -0.188. The van der Waals surface area contributed by atoms with Crippen LogP contribution in [0.4, 0.5) is 5.69 Å². The number of carbonyl (C=O) groups is 1. The van der Waals surface area contributed by atoms with Crippen molar-refractivity contribution in [1.29, 1.82) is 0 Å². The van der Waals surface area contributed by atoms with Crippen LogP contribution >= 0.6 is 0 Å². The van der Waals surface area contributed by atoms with Crippen molar-refractivity contribution in [3.05, 3.63) is 29.3 Å². The molecule has 1 aromatic rings. The molecule has 0 bridgehead atoms. The van der Waals surface area contributed by atoms with Crippen molar-refractivity contribution in [1.82, 2.24) is 5.32 Å². The predicted octanol–water partition coefficient (Wildman–Crippen LogP) is 2.41. The van der Waals surface area contributed by atoms with Crippen LogP contribution in [0.15, 0.2) is 18.2 Å². The molecule has 1 heterocycles. The van der Waals surface area contributed by atoms with Gasteiger partial charge in [0.1, 0.15) is 0 Å². The van der Waals surface area contributed by atoms with E-state index in [1.807, 2.05) is 17.0 Å². The molecule has 2 rings (SSSR count). The zero-order chi connectivity index (χ0) is 13.3. The van der Waals surface area contributed by atoms with Gasteiger partial charge in [-0.3, -0.25) is 4.79 Å². The zero-order valence-corrected chi connectivity index (χ0v) is 11.7. The molecule has 3 nitrogen and oxygen atoms in total. The van der Waals surface area contributed by atoms with Gasteiger partial charge in [-0.2, -0.15) is 0 Å². The van der Waals surface area contributed by atoms with Gasteiger partial charge in [-0.1, -0.05) is 12.1 Å². The summed E-state index contributed by atoms with van der Waals surface area (Å²) < 4.78 is 0. The van der Waals surface area contributed by atoms with Gasteiger partial charge in [0, 0.05) is 25.2 Å². The average molecular weight is 246 g/mol. The van der Waals surface area contributed by atoms with E-state index in [2.05, 4.69) is 39.1 Å². The Kier molecular flexibility index (Phi) is 3.44. The molecule has 1 saturated heterocycles. The van der Waals surface area contributed by atoms with Crippen LogP contribution < -0.4 is 10.2 Å². The van der Waals surface area contributed by atoms with E-state index in [-0.39, 0.29) is 11.4 Å². The molecule has 1 N–H and O–H groups in total. The van der Waals surface area contributed by atoms with Crippen LogP contribution in [0.1, 0.15) is 31.4 Å². The summed E-state index contributed by atoms with van der Waals surface area (Å²) in [6.07, 6.45) is 0.566. The Labute approximate surface area is 109 Å². The first kappa shape index (κ1) is 13.1. The van der Waals surface area contributed by atoms with Gasteiger partial charge in [-0.25, -0.2) is 0 Å². The van der Waals surface area contributed by atoms with E-state index < -0.39 is 0 Å². The second kappa shape index (κ2) is 4.73. The molecule has 18 heavy (non-hydrogen) atoms. The van der Waals surface area contributed by atoms with E-state index in [4.69, 9.17) is 0 Å². The van der Waals surface area contributed by atoms with E-state index in [1.54, 1.807) is 0 Å². The Morgan fingerprint density at radius 2 is 2.00 bits per heavy atom. The summed E-state index contributed by atoms with van der Waals surface area (Å²) in [5, 5.41) is 3.34. The number of hydrogen-bond donors (Lipinski definition) is 1. The average Bonchev–Trinajstić information content (AvgIpc) is 2.42. The third-order valence-corrected chi connectivity index (χ3v) is 3.74. The van der Waals surface area contributed by atoms with E-state index in [1.165, 1.54) is 11.1 Å². The molecule has 1 fully saturated rings. The normalized spacial score (nSPS) is 19.8. The van der Waals surface area contributed by atoms with Gasteiger partial charge in [0.15, 0.2) is 0 Å². The number of nitrogens with one attached hydrogen (secondary N) is 1. The fourth-order valence-corrected chi connectivity index (χ4v) is 2.56. The van der Waals surface area contributed by atoms with Crippen LogP contribution in [-0.2, 0) is 4.79 Å². The SMILES string of the molecule is Cc1cccc(N2C(=O)CCNCC2(C)C)c1C. The number of amides is 1. The number of carbonyl (C=O) groups excluding carboxylic acids is 1. The lowest BCUT2D eigenvalue weighted by Crippen LogP contribution is -2.51. The van der Waals surface area contributed by atoms with Gasteiger partial charge < -0.3 is 10.2 Å². The molecule has 0 atom stereocenters. The number of anilines is 1. The van der Waals surface area contributed by atoms with E-state index in [0.29, 0.717) is 6.42 Å². The number of rotatable bonds is 1. The van der Waals surface area contributed by atoms with Gasteiger partial charge >= 0.3 is 0 Å². The van der Waals surface area contributed by atoms with Crippen LogP contribution in [0.25, 0.3) is 0 Å². The molecule has 1 aliphatic heterocycles. The van der Waals surface area contributed by atoms with Gasteiger partial charge in [0.25, 0.3) is 0 Å². The van der Waals surface area contributed by atoms with Crippen molar-refractivity contribution in [2.24, 2.45) is 0 Å². The molecular weight excluding hydrogens is 224 g/mol. The quantitative estimate of drug-likeness (QED) is 0.825. The molecule has 1 amide bonds. The van der Waals surface area contributed by atoms with Crippen molar-refractivity contribution >= 4 is 11.6 Å². The van der Waals surface area contributed by atoms with Crippen LogP contribution in [0.3, 0.4) is 0 Å². The molecule has 1 aliphatic rings. The lowest BCUT2D eigenvalue weighted by molar-refractivity contribution is -0.119. The second-order valence-corrected chi connectivity index (χ2v) is 5.69. The fourth-order valence-electron chi connectivity index (χ4n) is 2.56. The second-order valence-electron chi connectivity index (χ2n) is 5.69. The molecule has 0 aromatic heterocycles. The van der Waals surface area contributed by atoms with Gasteiger partial charge in [-0.05, 0) is 44.9 Å². The van der Waals surface area contributed by atoms with Crippen molar-refractivity contribution < 1.29 is 4.79 Å². The Bertz CT molecular complexity index is 466. The lowest BCUT2D eigenvalue weighted by Gasteiger charge is -2.38. The Hall–Kier alpha value is -1.35. The molecular formula is C15H22N2O. The van der Waals surface area contributed by atoms with Crippen LogP contribution in [0.2, 0.25) is 0 Å². The fraction of sp³-hybridized carbons (Fsp3) is 0.533. The maximum Gasteiger partial charge on any atom is 0.228 e. The zero-order valence-electron chi connectivity index (χ0n) is 11.7. The molecule has 0 aliphatic carbocycles. The lowest BCUT2D eigenvalue weighted by atomic mass is 9.98. The summed E-state index contributed by atoms with van der Waals surface area (Å²) >= 11 is 0. The van der Waals surface area contributed by atoms with Gasteiger partial charge in [0.05, 0.1) is 5.54 Å². The first-order valence-corrected chi connectivity index (χ1v) is 6.53. The Morgan fingerprint density at radius 3 is 2.72 bits per heavy atom. The predicted molar refractivity (Wildman–Crippen MR) is 75.0 cm³/mol. The summed E-state index contributed by atoms with van der Waals surface area (Å²) in [4.78, 5) is 14.3. The van der Waals surface area contributed by atoms with Crippen molar-refractivity contribution in [2.75, 3.05) is 18.0 Å². The highest BCUT2D eigenvalue weighted by molar-refractivity contribution is 5.96. The monoisotopic (exact) mass is 246 g/mol. The molecule has 1 aromatic carbocycles. The van der Waals surface area contributed by atoms with Crippen LogP contribution in [-0.4, -0.2) is 24.5 Å². The Balaban J connectivity index is 2.51. The molecule has 0 unspecified atom stereocenters. The van der Waals surface area contributed by atoms with E-state index in [0.717, 1.165) is 18.8 Å². The standard InChI is InChI=1S/C15H22N2O/c1-11-6-5-7-13(12(11)2)17-14(18)8-9-16-10-15(17,3)4/h5-7,16H,8-10H2,1-4H3. The minimum absolute atomic E-state index is 0.188. The minimum Gasteiger partial charge on any atom is -0.314 e. The summed E-state index contributed by atoms with van der Waals surface area (Å²) in [5.74, 6) is 0.207. The molecule has 3 heteroatoms. The van der Waals surface area contributed by atoms with E-state index in [9.17, 15) is 4.79 Å². The summed E-state index contributed by atoms with van der Waals surface area (Å²) in [6.45, 7) is 10.0. The van der Waals surface area contributed by atoms with Crippen molar-refractivity contribution in [3.8, 4) is 0 Å². The maximum atomic E-state index is 12.4. The van der Waals surface area contributed by atoms with Crippen molar-refractivity contribution in [3.63, 3.8) is 0 Å². The molecule has 0 spiro atoms. The van der Waals surface area contributed by atoms with E-state index >= 15 is 0 Å². The summed E-state index contributed by atoms with van der Waals surface area (Å²) in [6, 6.07) is 6.17. The van der Waals surface area contributed by atoms with Crippen LogP contribution in [0.5, 0.6) is 0 Å². The Morgan fingerprint density at radius 1 is 1.28 bits per heavy atom. The molecule has 0 radical (unpaired) electrons. The van der Waals surface area contributed by atoms with Crippen LogP contribution in [0, 0.1) is 13.8 Å². The third-order valence-electron chi connectivity index (χ3n) is 3.74. The number of hydrogen-bond acceptors (Lipinski definition) is 2. The first-order chi connectivity index (χ1) is 8.43. The third kappa shape index (κ3) is 2.27. The topological polar surface area (TPSA) is 32.3 Å². The number of benzene rings is 1.